The predicted octanol–water partition coefficient (Wildman–Crippen LogP) is 5.02. The molecular formula is C19H26O2S. The number of rotatable bonds is 3. The molecule has 0 saturated heterocycles. The van der Waals surface area contributed by atoms with Crippen molar-refractivity contribution in [1.82, 2.24) is 0 Å². The van der Waals surface area contributed by atoms with Crippen molar-refractivity contribution in [3.05, 3.63) is 65.7 Å². The Labute approximate surface area is 135 Å². The van der Waals surface area contributed by atoms with Crippen molar-refractivity contribution < 1.29 is 8.42 Å². The van der Waals surface area contributed by atoms with Crippen LogP contribution in [0.1, 0.15) is 50.7 Å². The van der Waals surface area contributed by atoms with Crippen molar-refractivity contribution in [2.75, 3.05) is 6.26 Å². The average Bonchev–Trinajstić information content (AvgIpc) is 2.48. The van der Waals surface area contributed by atoms with Crippen molar-refractivity contribution in [3.63, 3.8) is 0 Å². The van der Waals surface area contributed by atoms with Crippen LogP contribution in [0, 0.1) is 0 Å². The molecule has 22 heavy (non-hydrogen) atoms. The van der Waals surface area contributed by atoms with E-state index in [1.165, 1.54) is 11.8 Å². The Hall–Kier alpha value is -1.61. The molecule has 0 aliphatic carbocycles. The average molecular weight is 318 g/mol. The van der Waals surface area contributed by atoms with Gasteiger partial charge in [0.1, 0.15) is 0 Å². The largest absolute Gasteiger partial charge is 0.224 e. The van der Waals surface area contributed by atoms with Crippen LogP contribution in [-0.4, -0.2) is 14.7 Å². The van der Waals surface area contributed by atoms with E-state index >= 15 is 0 Å². The zero-order valence-electron chi connectivity index (χ0n) is 14.1. The van der Waals surface area contributed by atoms with Crippen molar-refractivity contribution >= 4 is 9.84 Å². The molecule has 2 aromatic carbocycles. The fraction of sp³-hybridized carbons (Fsp3) is 0.368. The number of benzene rings is 2. The third-order valence-corrected chi connectivity index (χ3v) is 4.53. The van der Waals surface area contributed by atoms with Crippen LogP contribution < -0.4 is 0 Å². The van der Waals surface area contributed by atoms with Gasteiger partial charge in [0.15, 0.2) is 9.84 Å². The minimum absolute atomic E-state index is 0.363. The second-order valence-electron chi connectivity index (χ2n) is 6.06. The van der Waals surface area contributed by atoms with Gasteiger partial charge in [-0.3, -0.25) is 0 Å². The van der Waals surface area contributed by atoms with Crippen LogP contribution in [0.2, 0.25) is 0 Å². The summed E-state index contributed by atoms with van der Waals surface area (Å²) in [7, 11) is -3.06. The topological polar surface area (TPSA) is 34.1 Å². The Morgan fingerprint density at radius 3 is 1.64 bits per heavy atom. The first-order chi connectivity index (χ1) is 10.2. The van der Waals surface area contributed by atoms with Gasteiger partial charge in [0.05, 0.1) is 4.90 Å². The molecule has 0 saturated carbocycles. The monoisotopic (exact) mass is 318 g/mol. The van der Waals surface area contributed by atoms with Crippen LogP contribution in [0.4, 0.5) is 0 Å². The minimum atomic E-state index is -3.06. The van der Waals surface area contributed by atoms with Gasteiger partial charge < -0.3 is 0 Å². The molecule has 0 unspecified atom stereocenters. The van der Waals surface area contributed by atoms with Gasteiger partial charge in [-0.05, 0) is 35.1 Å². The molecular weight excluding hydrogens is 292 g/mol. The third-order valence-electron chi connectivity index (χ3n) is 3.42. The fourth-order valence-electron chi connectivity index (χ4n) is 1.94. The highest BCUT2D eigenvalue weighted by atomic mass is 32.2. The lowest BCUT2D eigenvalue weighted by Gasteiger charge is -2.06. The molecule has 0 N–H and O–H groups in total. The molecule has 0 heterocycles. The summed E-state index contributed by atoms with van der Waals surface area (Å²) in [6.45, 7) is 8.49. The van der Waals surface area contributed by atoms with Gasteiger partial charge in [0.2, 0.25) is 0 Å². The maximum atomic E-state index is 11.2. The van der Waals surface area contributed by atoms with E-state index in [9.17, 15) is 8.42 Å². The summed E-state index contributed by atoms with van der Waals surface area (Å²) < 4.78 is 22.4. The van der Waals surface area contributed by atoms with Crippen LogP contribution in [0.25, 0.3) is 0 Å². The standard InChI is InChI=1S/C10H14O2S.C9H12/c1-8(2)9-5-4-6-10(7-9)13(3,11)12;1-8(2)9-6-4-3-5-7-9/h4-8H,1-3H3;3-8H,1-2H3. The Kier molecular flexibility index (Phi) is 6.82. The Morgan fingerprint density at radius 2 is 1.23 bits per heavy atom. The van der Waals surface area contributed by atoms with E-state index in [-0.39, 0.29) is 0 Å². The van der Waals surface area contributed by atoms with E-state index in [4.69, 9.17) is 0 Å². The first-order valence-electron chi connectivity index (χ1n) is 7.56. The molecule has 0 aromatic heterocycles. The number of sulfone groups is 1. The van der Waals surface area contributed by atoms with Crippen molar-refractivity contribution in [1.29, 1.82) is 0 Å². The summed E-state index contributed by atoms with van der Waals surface area (Å²) in [4.78, 5) is 0.402. The van der Waals surface area contributed by atoms with E-state index in [0.717, 1.165) is 5.56 Å². The highest BCUT2D eigenvalue weighted by Crippen LogP contribution is 2.18. The molecule has 3 heteroatoms. The minimum Gasteiger partial charge on any atom is -0.224 e. The van der Waals surface area contributed by atoms with Crippen molar-refractivity contribution in [3.8, 4) is 0 Å². The number of hydrogen-bond acceptors (Lipinski definition) is 2. The van der Waals surface area contributed by atoms with Crippen LogP contribution in [0.3, 0.4) is 0 Å². The molecule has 2 aromatic rings. The lowest BCUT2D eigenvalue weighted by Crippen LogP contribution is -1.98. The van der Waals surface area contributed by atoms with Gasteiger partial charge in [-0.2, -0.15) is 0 Å². The molecule has 2 nitrogen and oxygen atoms in total. The normalized spacial score (nSPS) is 11.2. The quantitative estimate of drug-likeness (QED) is 0.796. The molecule has 120 valence electrons. The molecule has 0 aliphatic heterocycles. The molecule has 0 atom stereocenters. The van der Waals surface area contributed by atoms with Gasteiger partial charge in [-0.15, -0.1) is 0 Å². The molecule has 2 rings (SSSR count). The summed E-state index contributed by atoms with van der Waals surface area (Å²) >= 11 is 0. The lowest BCUT2D eigenvalue weighted by atomic mass is 10.0. The van der Waals surface area contributed by atoms with E-state index in [2.05, 4.69) is 38.1 Å². The van der Waals surface area contributed by atoms with E-state index in [1.807, 2.05) is 26.0 Å². The molecule has 0 amide bonds. The summed E-state index contributed by atoms with van der Waals surface area (Å²) in [6.07, 6.45) is 1.23. The highest BCUT2D eigenvalue weighted by molar-refractivity contribution is 7.90. The third kappa shape index (κ3) is 6.02. The first-order valence-corrected chi connectivity index (χ1v) is 9.46. The molecule has 0 aliphatic rings. The molecule has 0 fully saturated rings. The lowest BCUT2D eigenvalue weighted by molar-refractivity contribution is 0.601. The smallest absolute Gasteiger partial charge is 0.175 e. The highest BCUT2D eigenvalue weighted by Gasteiger charge is 2.08. The summed E-state index contributed by atoms with van der Waals surface area (Å²) in [5.74, 6) is 1.02. The molecule has 0 radical (unpaired) electrons. The van der Waals surface area contributed by atoms with Crippen molar-refractivity contribution in [2.45, 2.75) is 44.4 Å². The Morgan fingerprint density at radius 1 is 0.727 bits per heavy atom. The maximum Gasteiger partial charge on any atom is 0.175 e. The summed E-state index contributed by atoms with van der Waals surface area (Å²) in [5.41, 5.74) is 2.47. The van der Waals surface area contributed by atoms with Crippen LogP contribution in [0.15, 0.2) is 59.5 Å². The summed E-state index contributed by atoms with van der Waals surface area (Å²) in [5, 5.41) is 0. The van der Waals surface area contributed by atoms with E-state index in [1.54, 1.807) is 18.2 Å². The van der Waals surface area contributed by atoms with E-state index < -0.39 is 9.84 Å². The maximum absolute atomic E-state index is 11.2. The van der Waals surface area contributed by atoms with E-state index in [0.29, 0.717) is 16.7 Å². The van der Waals surface area contributed by atoms with Crippen molar-refractivity contribution in [2.24, 2.45) is 0 Å². The summed E-state index contributed by atoms with van der Waals surface area (Å²) in [6, 6.07) is 17.6. The van der Waals surface area contributed by atoms with Gasteiger partial charge in [-0.25, -0.2) is 8.42 Å². The van der Waals surface area contributed by atoms with Crippen LogP contribution in [-0.2, 0) is 9.84 Å². The van der Waals surface area contributed by atoms with Gasteiger partial charge in [0.25, 0.3) is 0 Å². The first kappa shape index (κ1) is 18.4. The zero-order valence-corrected chi connectivity index (χ0v) is 14.9. The fourth-order valence-corrected chi connectivity index (χ4v) is 2.62. The van der Waals surface area contributed by atoms with Gasteiger partial charge in [-0.1, -0.05) is 70.2 Å². The molecule has 0 spiro atoms. The SMILES string of the molecule is CC(C)c1cccc(S(C)(=O)=O)c1.CC(C)c1ccccc1. The Bertz CT molecular complexity index is 672. The number of hydrogen-bond donors (Lipinski definition) is 0. The second-order valence-corrected chi connectivity index (χ2v) is 8.08. The van der Waals surface area contributed by atoms with Crippen LogP contribution in [0.5, 0.6) is 0 Å². The second kappa shape index (κ2) is 8.14. The molecule has 0 bridgehead atoms. The predicted molar refractivity (Wildman–Crippen MR) is 94.2 cm³/mol. The van der Waals surface area contributed by atoms with Gasteiger partial charge >= 0.3 is 0 Å². The van der Waals surface area contributed by atoms with Gasteiger partial charge in [0, 0.05) is 6.26 Å². The Balaban J connectivity index is 0.000000235. The zero-order chi connectivity index (χ0) is 16.8. The van der Waals surface area contributed by atoms with Crippen LogP contribution >= 0.6 is 0 Å².